The van der Waals surface area contributed by atoms with E-state index in [2.05, 4.69) is 17.1 Å². The van der Waals surface area contributed by atoms with Crippen molar-refractivity contribution >= 4 is 29.9 Å². The van der Waals surface area contributed by atoms with Gasteiger partial charge in [-0.05, 0) is 50.9 Å². The molecule has 1 atom stereocenters. The zero-order valence-electron chi connectivity index (χ0n) is 14.7. The fraction of sp³-hybridized carbons (Fsp3) is 0.944. The first-order valence-electron chi connectivity index (χ1n) is 9.46. The SMILES string of the molecule is CCNC(=NCCC1CCCO1)N1CCC2(CCCCC2)C1.I. The number of likely N-dealkylation sites (tertiary alicyclic amines) is 1. The molecule has 0 aromatic carbocycles. The maximum Gasteiger partial charge on any atom is 0.193 e. The average Bonchev–Trinajstić information content (AvgIpc) is 3.18. The number of halogens is 1. The summed E-state index contributed by atoms with van der Waals surface area (Å²) in [4.78, 5) is 7.41. The molecule has 23 heavy (non-hydrogen) atoms. The molecule has 2 saturated heterocycles. The van der Waals surface area contributed by atoms with Gasteiger partial charge in [0.25, 0.3) is 0 Å². The van der Waals surface area contributed by atoms with Crippen molar-refractivity contribution in [3.8, 4) is 0 Å². The largest absolute Gasteiger partial charge is 0.378 e. The van der Waals surface area contributed by atoms with Gasteiger partial charge in [0.15, 0.2) is 5.96 Å². The number of nitrogens with zero attached hydrogens (tertiary/aromatic N) is 2. The van der Waals surface area contributed by atoms with Crippen LogP contribution in [0.15, 0.2) is 4.99 Å². The van der Waals surface area contributed by atoms with Gasteiger partial charge in [-0.1, -0.05) is 19.3 Å². The Labute approximate surface area is 158 Å². The van der Waals surface area contributed by atoms with E-state index in [4.69, 9.17) is 9.73 Å². The summed E-state index contributed by atoms with van der Waals surface area (Å²) >= 11 is 0. The summed E-state index contributed by atoms with van der Waals surface area (Å²) in [6.07, 6.45) is 12.5. The fourth-order valence-electron chi connectivity index (χ4n) is 4.44. The third-order valence-corrected chi connectivity index (χ3v) is 5.72. The first kappa shape index (κ1) is 19.3. The van der Waals surface area contributed by atoms with Crippen molar-refractivity contribution in [2.45, 2.75) is 70.8 Å². The number of hydrogen-bond donors (Lipinski definition) is 1. The molecule has 3 aliphatic rings. The second kappa shape index (κ2) is 9.44. The van der Waals surface area contributed by atoms with Gasteiger partial charge in [-0.25, -0.2) is 0 Å². The maximum absolute atomic E-state index is 5.71. The number of hydrogen-bond acceptors (Lipinski definition) is 2. The van der Waals surface area contributed by atoms with Crippen molar-refractivity contribution in [3.63, 3.8) is 0 Å². The molecule has 5 heteroatoms. The standard InChI is InChI=1S/C18H33N3O.HI/c1-2-19-17(20-12-8-16-7-6-14-22-16)21-13-11-18(15-21)9-4-3-5-10-18;/h16H,2-15H2,1H3,(H,19,20);1H. The molecule has 3 fully saturated rings. The van der Waals surface area contributed by atoms with Gasteiger partial charge in [-0.2, -0.15) is 0 Å². The Balaban J connectivity index is 0.00000192. The third kappa shape index (κ3) is 5.21. The van der Waals surface area contributed by atoms with Crippen LogP contribution in [0.25, 0.3) is 0 Å². The Kier molecular flexibility index (Phi) is 7.92. The van der Waals surface area contributed by atoms with Crippen molar-refractivity contribution < 1.29 is 4.74 Å². The van der Waals surface area contributed by atoms with Crippen LogP contribution in [0.5, 0.6) is 0 Å². The van der Waals surface area contributed by atoms with Crippen LogP contribution in [0.2, 0.25) is 0 Å². The zero-order valence-corrected chi connectivity index (χ0v) is 17.0. The predicted octanol–water partition coefficient (Wildman–Crippen LogP) is 3.80. The Morgan fingerprint density at radius 3 is 2.74 bits per heavy atom. The van der Waals surface area contributed by atoms with Gasteiger partial charge in [0.2, 0.25) is 0 Å². The highest BCUT2D eigenvalue weighted by Crippen LogP contribution is 2.43. The third-order valence-electron chi connectivity index (χ3n) is 5.72. The normalized spacial score (nSPS) is 27.3. The van der Waals surface area contributed by atoms with E-state index in [1.807, 2.05) is 0 Å². The number of aliphatic imine (C=N–C) groups is 1. The fourth-order valence-corrected chi connectivity index (χ4v) is 4.44. The van der Waals surface area contributed by atoms with Crippen LogP contribution in [0.3, 0.4) is 0 Å². The van der Waals surface area contributed by atoms with Crippen LogP contribution < -0.4 is 5.32 Å². The molecule has 1 N–H and O–H groups in total. The molecule has 134 valence electrons. The van der Waals surface area contributed by atoms with E-state index in [-0.39, 0.29) is 24.0 Å². The highest BCUT2D eigenvalue weighted by molar-refractivity contribution is 14.0. The predicted molar refractivity (Wildman–Crippen MR) is 107 cm³/mol. The molecule has 0 bridgehead atoms. The zero-order chi connectivity index (χ0) is 15.3. The lowest BCUT2D eigenvalue weighted by molar-refractivity contribution is 0.106. The van der Waals surface area contributed by atoms with Crippen molar-refractivity contribution in [2.24, 2.45) is 10.4 Å². The molecule has 0 aromatic heterocycles. The van der Waals surface area contributed by atoms with E-state index in [0.29, 0.717) is 11.5 Å². The number of ether oxygens (including phenoxy) is 1. The lowest BCUT2D eigenvalue weighted by Crippen LogP contribution is -2.41. The molecule has 1 unspecified atom stereocenters. The topological polar surface area (TPSA) is 36.9 Å². The number of guanidine groups is 1. The Bertz CT molecular complexity index is 376. The minimum atomic E-state index is 0. The quantitative estimate of drug-likeness (QED) is 0.415. The minimum Gasteiger partial charge on any atom is -0.378 e. The van der Waals surface area contributed by atoms with E-state index >= 15 is 0 Å². The van der Waals surface area contributed by atoms with Gasteiger partial charge in [0, 0.05) is 32.8 Å². The summed E-state index contributed by atoms with van der Waals surface area (Å²) in [7, 11) is 0. The van der Waals surface area contributed by atoms with Gasteiger partial charge in [0.05, 0.1) is 6.10 Å². The highest BCUT2D eigenvalue weighted by Gasteiger charge is 2.39. The van der Waals surface area contributed by atoms with E-state index in [1.54, 1.807) is 0 Å². The van der Waals surface area contributed by atoms with Crippen molar-refractivity contribution in [3.05, 3.63) is 0 Å². The Morgan fingerprint density at radius 1 is 1.22 bits per heavy atom. The average molecular weight is 435 g/mol. The van der Waals surface area contributed by atoms with Crippen LogP contribution in [0.1, 0.15) is 64.7 Å². The van der Waals surface area contributed by atoms with Crippen LogP contribution >= 0.6 is 24.0 Å². The van der Waals surface area contributed by atoms with E-state index in [0.717, 1.165) is 32.1 Å². The summed E-state index contributed by atoms with van der Waals surface area (Å²) in [6.45, 7) is 7.38. The Hall–Kier alpha value is -0.0400. The summed E-state index contributed by atoms with van der Waals surface area (Å²) in [5.41, 5.74) is 0.600. The van der Waals surface area contributed by atoms with Gasteiger partial charge in [-0.15, -0.1) is 24.0 Å². The van der Waals surface area contributed by atoms with Gasteiger partial charge < -0.3 is 15.0 Å². The lowest BCUT2D eigenvalue weighted by atomic mass is 9.73. The van der Waals surface area contributed by atoms with Crippen LogP contribution in [-0.2, 0) is 4.74 Å². The summed E-state index contributed by atoms with van der Waals surface area (Å²) in [6, 6.07) is 0. The van der Waals surface area contributed by atoms with Crippen LogP contribution in [-0.4, -0.2) is 49.7 Å². The molecule has 4 nitrogen and oxygen atoms in total. The molecule has 3 rings (SSSR count). The van der Waals surface area contributed by atoms with Crippen molar-refractivity contribution in [1.29, 1.82) is 0 Å². The molecular weight excluding hydrogens is 401 g/mol. The van der Waals surface area contributed by atoms with Gasteiger partial charge in [-0.3, -0.25) is 4.99 Å². The molecule has 1 saturated carbocycles. The van der Waals surface area contributed by atoms with E-state index in [1.165, 1.54) is 64.5 Å². The van der Waals surface area contributed by atoms with Crippen LogP contribution in [0, 0.1) is 5.41 Å². The van der Waals surface area contributed by atoms with Gasteiger partial charge >= 0.3 is 0 Å². The summed E-state index contributed by atoms with van der Waals surface area (Å²) < 4.78 is 5.71. The highest BCUT2D eigenvalue weighted by atomic mass is 127. The van der Waals surface area contributed by atoms with E-state index in [9.17, 15) is 0 Å². The molecule has 1 spiro atoms. The smallest absolute Gasteiger partial charge is 0.193 e. The summed E-state index contributed by atoms with van der Waals surface area (Å²) in [5, 5.41) is 3.51. The number of rotatable bonds is 4. The van der Waals surface area contributed by atoms with Crippen molar-refractivity contribution in [1.82, 2.24) is 10.2 Å². The molecule has 1 aliphatic carbocycles. The first-order chi connectivity index (χ1) is 10.8. The second-order valence-electron chi connectivity index (χ2n) is 7.39. The molecule has 0 aromatic rings. The monoisotopic (exact) mass is 435 g/mol. The lowest BCUT2D eigenvalue weighted by Gasteiger charge is -2.33. The van der Waals surface area contributed by atoms with Crippen LogP contribution in [0.4, 0.5) is 0 Å². The minimum absolute atomic E-state index is 0. The van der Waals surface area contributed by atoms with E-state index < -0.39 is 0 Å². The van der Waals surface area contributed by atoms with Gasteiger partial charge in [0.1, 0.15) is 0 Å². The van der Waals surface area contributed by atoms with Crippen molar-refractivity contribution in [2.75, 3.05) is 32.8 Å². The first-order valence-corrected chi connectivity index (χ1v) is 9.46. The molecule has 0 radical (unpaired) electrons. The molecular formula is C18H34IN3O. The second-order valence-corrected chi connectivity index (χ2v) is 7.39. The number of nitrogens with one attached hydrogen (secondary N) is 1. The molecule has 2 aliphatic heterocycles. The summed E-state index contributed by atoms with van der Waals surface area (Å²) in [5.74, 6) is 1.14. The molecule has 2 heterocycles. The Morgan fingerprint density at radius 2 is 2.04 bits per heavy atom. The maximum atomic E-state index is 5.71. The molecule has 0 amide bonds.